The van der Waals surface area contributed by atoms with Crippen molar-refractivity contribution in [3.8, 4) is 0 Å². The number of carbonyl (C=O) groups is 4. The molecule has 0 bridgehead atoms. The van der Waals surface area contributed by atoms with Crippen molar-refractivity contribution in [2.75, 3.05) is 39.6 Å². The van der Waals surface area contributed by atoms with E-state index in [1.165, 1.54) is 205 Å². The van der Waals surface area contributed by atoms with Gasteiger partial charge in [-0.25, -0.2) is 9.13 Å². The van der Waals surface area contributed by atoms with Gasteiger partial charge < -0.3 is 33.8 Å². The predicted octanol–water partition coefficient (Wildman–Crippen LogP) is 23.6. The van der Waals surface area contributed by atoms with Crippen LogP contribution >= 0.6 is 15.6 Å². The van der Waals surface area contributed by atoms with Gasteiger partial charge in [-0.3, -0.25) is 37.3 Å². The van der Waals surface area contributed by atoms with Gasteiger partial charge in [-0.1, -0.05) is 357 Å². The highest BCUT2D eigenvalue weighted by molar-refractivity contribution is 7.47. The first kappa shape index (κ1) is 97.1. The second-order valence-corrected chi connectivity index (χ2v) is 33.1. The minimum Gasteiger partial charge on any atom is -0.462 e. The number of aliphatic hydroxyl groups excluding tert-OH is 1. The summed E-state index contributed by atoms with van der Waals surface area (Å²) in [4.78, 5) is 73.0. The van der Waals surface area contributed by atoms with Crippen molar-refractivity contribution < 1.29 is 80.2 Å². The molecule has 17 nitrogen and oxygen atoms in total. The molecule has 0 saturated heterocycles. The number of rotatable bonds is 77. The summed E-state index contributed by atoms with van der Waals surface area (Å²) < 4.78 is 68.7. The molecule has 0 rings (SSSR count). The molecule has 0 amide bonds. The summed E-state index contributed by atoms with van der Waals surface area (Å²) in [5.41, 5.74) is 0. The summed E-state index contributed by atoms with van der Waals surface area (Å²) in [7, 11) is -9.92. The zero-order valence-corrected chi connectivity index (χ0v) is 66.9. The monoisotopic (exact) mass is 1450 g/mol. The van der Waals surface area contributed by atoms with Crippen LogP contribution in [0.5, 0.6) is 0 Å². The van der Waals surface area contributed by atoms with E-state index in [2.05, 4.69) is 55.4 Å². The summed E-state index contributed by atoms with van der Waals surface area (Å²) in [5, 5.41) is 10.6. The van der Waals surface area contributed by atoms with Crippen LogP contribution in [0.1, 0.15) is 409 Å². The number of unbranched alkanes of at least 4 members (excludes halogenated alkanes) is 41. The molecule has 0 saturated carbocycles. The van der Waals surface area contributed by atoms with Crippen molar-refractivity contribution in [1.82, 2.24) is 0 Å². The number of phosphoric acid groups is 2. The molecule has 4 unspecified atom stereocenters. The topological polar surface area (TPSA) is 237 Å². The van der Waals surface area contributed by atoms with E-state index in [-0.39, 0.29) is 25.7 Å². The van der Waals surface area contributed by atoms with Crippen LogP contribution in [0.2, 0.25) is 0 Å². The van der Waals surface area contributed by atoms with Crippen LogP contribution in [0.15, 0.2) is 0 Å². The van der Waals surface area contributed by atoms with Gasteiger partial charge in [0.05, 0.1) is 26.4 Å². The van der Waals surface area contributed by atoms with Gasteiger partial charge in [0.25, 0.3) is 0 Å². The van der Waals surface area contributed by atoms with Gasteiger partial charge in [0.2, 0.25) is 0 Å². The van der Waals surface area contributed by atoms with Crippen LogP contribution in [-0.4, -0.2) is 96.7 Å². The molecular weight excluding hydrogens is 1290 g/mol. The lowest BCUT2D eigenvalue weighted by atomic mass is 9.99. The molecule has 0 aromatic heterocycles. The molecule has 0 aliphatic rings. The molecule has 7 atom stereocenters. The van der Waals surface area contributed by atoms with Gasteiger partial charge in [-0.15, -0.1) is 0 Å². The number of aliphatic hydroxyl groups is 1. The minimum absolute atomic E-state index is 0.106. The van der Waals surface area contributed by atoms with Crippen molar-refractivity contribution >= 4 is 39.5 Å². The van der Waals surface area contributed by atoms with Crippen LogP contribution in [0.4, 0.5) is 0 Å². The maximum Gasteiger partial charge on any atom is 0.472 e. The highest BCUT2D eigenvalue weighted by Gasteiger charge is 2.30. The molecule has 0 aliphatic carbocycles. The molecule has 3 N–H and O–H groups in total. The fourth-order valence-electron chi connectivity index (χ4n) is 12.2. The number of phosphoric ester groups is 2. The lowest BCUT2D eigenvalue weighted by molar-refractivity contribution is -0.161. The first-order valence-corrected chi connectivity index (χ1v) is 44.3. The SMILES string of the molecule is CCC(C)CCCCCCCCCCCCC(=O)OC[C@H](COP(=O)(O)OC[C@@H](O)COP(=O)(O)OC[C@@H](COC(=O)CCCCCCCCC(C)CC)OC(=O)CCCCCCCCCCCCCCCC(C)C)OC(=O)CCCCCCCCCCCCCCCCCCC(C)C. The highest BCUT2D eigenvalue weighted by Crippen LogP contribution is 2.45. The molecule has 0 aliphatic heterocycles. The van der Waals surface area contributed by atoms with Crippen molar-refractivity contribution in [3.63, 3.8) is 0 Å². The van der Waals surface area contributed by atoms with Crippen LogP contribution in [-0.2, 0) is 65.4 Å². The quantitative estimate of drug-likeness (QED) is 0.0222. The van der Waals surface area contributed by atoms with E-state index < -0.39 is 97.5 Å². The number of ether oxygens (including phenoxy) is 4. The Kier molecular flexibility index (Phi) is 67.8. The van der Waals surface area contributed by atoms with E-state index >= 15 is 0 Å². The molecular formula is C80H156O17P2. The van der Waals surface area contributed by atoms with E-state index in [1.807, 2.05) is 0 Å². The molecule has 0 radical (unpaired) electrons. The van der Waals surface area contributed by atoms with Crippen LogP contribution < -0.4 is 0 Å². The first-order valence-electron chi connectivity index (χ1n) is 41.3. The average Bonchev–Trinajstić information content (AvgIpc) is 1.06. The molecule has 0 aromatic carbocycles. The average molecular weight is 1450 g/mol. The van der Waals surface area contributed by atoms with Crippen molar-refractivity contribution in [2.24, 2.45) is 23.7 Å². The van der Waals surface area contributed by atoms with Crippen molar-refractivity contribution in [3.05, 3.63) is 0 Å². The number of hydrogen-bond acceptors (Lipinski definition) is 15. The second kappa shape index (κ2) is 69.1. The third-order valence-corrected chi connectivity index (χ3v) is 21.2. The first-order chi connectivity index (χ1) is 47.7. The number of carbonyl (C=O) groups excluding carboxylic acids is 4. The van der Waals surface area contributed by atoms with Crippen molar-refractivity contribution in [2.45, 2.75) is 427 Å². The zero-order valence-electron chi connectivity index (χ0n) is 65.1. The van der Waals surface area contributed by atoms with E-state index in [0.717, 1.165) is 120 Å². The summed E-state index contributed by atoms with van der Waals surface area (Å²) in [6.45, 7) is 14.3. The van der Waals surface area contributed by atoms with Gasteiger partial charge >= 0.3 is 39.5 Å². The molecule has 0 spiro atoms. The summed E-state index contributed by atoms with van der Waals surface area (Å²) in [6, 6.07) is 0. The smallest absolute Gasteiger partial charge is 0.462 e. The third-order valence-electron chi connectivity index (χ3n) is 19.3. The Hall–Kier alpha value is -1.94. The maximum atomic E-state index is 13.1. The Bertz CT molecular complexity index is 1940. The highest BCUT2D eigenvalue weighted by atomic mass is 31.2. The Morgan fingerprint density at radius 1 is 0.283 bits per heavy atom. The largest absolute Gasteiger partial charge is 0.472 e. The maximum absolute atomic E-state index is 13.1. The van der Waals surface area contributed by atoms with E-state index in [4.69, 9.17) is 37.0 Å². The lowest BCUT2D eigenvalue weighted by Crippen LogP contribution is -2.30. The molecule has 19 heteroatoms. The van der Waals surface area contributed by atoms with Gasteiger partial charge in [0.1, 0.15) is 19.3 Å². The second-order valence-electron chi connectivity index (χ2n) is 30.2. The molecule has 588 valence electrons. The van der Waals surface area contributed by atoms with Crippen LogP contribution in [0.25, 0.3) is 0 Å². The number of hydrogen-bond donors (Lipinski definition) is 3. The van der Waals surface area contributed by atoms with Crippen LogP contribution in [0, 0.1) is 23.7 Å². The Morgan fingerprint density at radius 3 is 0.717 bits per heavy atom. The Morgan fingerprint density at radius 2 is 0.485 bits per heavy atom. The third kappa shape index (κ3) is 71.5. The molecule has 0 fully saturated rings. The summed E-state index contributed by atoms with van der Waals surface area (Å²) >= 11 is 0. The Balaban J connectivity index is 5.25. The van der Waals surface area contributed by atoms with Crippen LogP contribution in [0.3, 0.4) is 0 Å². The van der Waals surface area contributed by atoms with Gasteiger partial charge in [0.15, 0.2) is 12.2 Å². The minimum atomic E-state index is -4.96. The molecule has 99 heavy (non-hydrogen) atoms. The van der Waals surface area contributed by atoms with E-state index in [0.29, 0.717) is 25.7 Å². The predicted molar refractivity (Wildman–Crippen MR) is 404 cm³/mol. The zero-order chi connectivity index (χ0) is 73.1. The number of esters is 4. The Labute approximate surface area is 607 Å². The van der Waals surface area contributed by atoms with Gasteiger partial charge in [0, 0.05) is 25.7 Å². The standard InChI is InChI=1S/C80H156O17P2/c1-9-72(7)58-50-42-34-28-24-25-29-35-44-52-60-77(82)90-66-75(96-79(84)62-54-46-36-30-22-18-14-12-11-13-16-20-26-32-40-48-56-70(3)4)68-94-98(86,87)92-64-74(81)65-93-99(88,89)95-69-76(67-91-78(83)61-53-45-39-38-43-51-59-73(8)10-2)97-80(85)63-55-47-37-31-23-19-15-17-21-27-33-41-49-57-71(5)6/h70-76,81H,9-69H2,1-8H3,(H,86,87)(H,88,89)/t72?,73?,74-,75-,76-/m1/s1. The van der Waals surface area contributed by atoms with Crippen molar-refractivity contribution in [1.29, 1.82) is 0 Å². The fourth-order valence-corrected chi connectivity index (χ4v) is 13.8. The lowest BCUT2D eigenvalue weighted by Gasteiger charge is -2.21. The summed E-state index contributed by atoms with van der Waals surface area (Å²) in [6.07, 6.45) is 55.4. The summed E-state index contributed by atoms with van der Waals surface area (Å²) in [5.74, 6) is 1.02. The molecule has 0 aromatic rings. The normalized spacial score (nSPS) is 14.6. The van der Waals surface area contributed by atoms with E-state index in [1.54, 1.807) is 0 Å². The van der Waals surface area contributed by atoms with E-state index in [9.17, 15) is 43.2 Å². The van der Waals surface area contributed by atoms with Gasteiger partial charge in [-0.2, -0.15) is 0 Å². The fraction of sp³-hybridized carbons (Fsp3) is 0.950. The molecule has 0 heterocycles. The van der Waals surface area contributed by atoms with Gasteiger partial charge in [-0.05, 0) is 49.4 Å².